The fraction of sp³-hybridized carbons (Fsp3) is 0.133. The Bertz CT molecular complexity index is 758. The van der Waals surface area contributed by atoms with Crippen molar-refractivity contribution in [3.8, 4) is 0 Å². The Morgan fingerprint density at radius 1 is 1.17 bits per heavy atom. The van der Waals surface area contributed by atoms with Crippen molar-refractivity contribution in [3.63, 3.8) is 0 Å². The third kappa shape index (κ3) is 4.06. The standard InChI is InChI=1S/C15H12F3N3O2/c1-10(11-5-4-6-12(9-11)21(22)23)19-20-14-8-3-2-7-13(14)15(16,17)18/h2-9,20H,1H3. The highest BCUT2D eigenvalue weighted by atomic mass is 19.4. The maximum absolute atomic E-state index is 12.9. The summed E-state index contributed by atoms with van der Waals surface area (Å²) < 4.78 is 38.6. The molecule has 0 saturated heterocycles. The van der Waals surface area contributed by atoms with Crippen LogP contribution in [-0.2, 0) is 6.18 Å². The van der Waals surface area contributed by atoms with Gasteiger partial charge < -0.3 is 0 Å². The van der Waals surface area contributed by atoms with E-state index in [0.29, 0.717) is 11.3 Å². The molecule has 0 radical (unpaired) electrons. The van der Waals surface area contributed by atoms with E-state index >= 15 is 0 Å². The molecule has 0 atom stereocenters. The van der Waals surface area contributed by atoms with Gasteiger partial charge in [0.2, 0.25) is 0 Å². The predicted octanol–water partition coefficient (Wildman–Crippen LogP) is 4.45. The number of hydrogen-bond acceptors (Lipinski definition) is 4. The van der Waals surface area contributed by atoms with E-state index in [-0.39, 0.29) is 11.4 Å². The quantitative estimate of drug-likeness (QED) is 0.513. The van der Waals surface area contributed by atoms with Gasteiger partial charge in [0.1, 0.15) is 0 Å². The van der Waals surface area contributed by atoms with Gasteiger partial charge in [-0.25, -0.2) is 0 Å². The molecule has 0 aromatic heterocycles. The minimum atomic E-state index is -4.50. The summed E-state index contributed by atoms with van der Waals surface area (Å²) >= 11 is 0. The van der Waals surface area contributed by atoms with Crippen LogP contribution in [-0.4, -0.2) is 10.6 Å². The fourth-order valence-electron chi connectivity index (χ4n) is 1.88. The van der Waals surface area contributed by atoms with E-state index in [1.165, 1.54) is 36.4 Å². The van der Waals surface area contributed by atoms with Crippen molar-refractivity contribution in [2.45, 2.75) is 13.1 Å². The number of rotatable bonds is 4. The zero-order chi connectivity index (χ0) is 17.0. The smallest absolute Gasteiger partial charge is 0.278 e. The molecule has 0 unspecified atom stereocenters. The first-order chi connectivity index (χ1) is 10.8. The number of alkyl halides is 3. The van der Waals surface area contributed by atoms with Crippen LogP contribution in [0, 0.1) is 10.1 Å². The van der Waals surface area contributed by atoms with E-state index in [1.54, 1.807) is 13.0 Å². The lowest BCUT2D eigenvalue weighted by atomic mass is 10.1. The summed E-state index contributed by atoms with van der Waals surface area (Å²) in [4.78, 5) is 10.2. The largest absolute Gasteiger partial charge is 0.418 e. The Kier molecular flexibility index (Phi) is 4.63. The third-order valence-electron chi connectivity index (χ3n) is 3.05. The molecule has 0 amide bonds. The molecule has 2 rings (SSSR count). The number of nitrogens with zero attached hydrogens (tertiary/aromatic N) is 2. The number of nitro groups is 1. The number of nitro benzene ring substituents is 1. The lowest BCUT2D eigenvalue weighted by Crippen LogP contribution is -2.09. The van der Waals surface area contributed by atoms with Crippen LogP contribution in [0.1, 0.15) is 18.1 Å². The van der Waals surface area contributed by atoms with Gasteiger partial charge in [-0.05, 0) is 19.1 Å². The highest BCUT2D eigenvalue weighted by Crippen LogP contribution is 2.34. The van der Waals surface area contributed by atoms with E-state index in [1.807, 2.05) is 0 Å². The van der Waals surface area contributed by atoms with Gasteiger partial charge >= 0.3 is 6.18 Å². The van der Waals surface area contributed by atoms with Crippen molar-refractivity contribution in [1.29, 1.82) is 0 Å². The number of anilines is 1. The number of non-ortho nitro benzene ring substituents is 1. The molecule has 5 nitrogen and oxygen atoms in total. The Morgan fingerprint density at radius 3 is 2.52 bits per heavy atom. The zero-order valence-electron chi connectivity index (χ0n) is 12.0. The average Bonchev–Trinajstić information content (AvgIpc) is 2.52. The first-order valence-electron chi connectivity index (χ1n) is 6.50. The van der Waals surface area contributed by atoms with Gasteiger partial charge in [-0.3, -0.25) is 15.5 Å². The molecule has 0 bridgehead atoms. The first-order valence-corrected chi connectivity index (χ1v) is 6.50. The highest BCUT2D eigenvalue weighted by molar-refractivity contribution is 5.99. The minimum absolute atomic E-state index is 0.118. The van der Waals surface area contributed by atoms with Crippen molar-refractivity contribution < 1.29 is 18.1 Å². The zero-order valence-corrected chi connectivity index (χ0v) is 12.0. The normalized spacial score (nSPS) is 12.1. The summed E-state index contributed by atoms with van der Waals surface area (Å²) in [5.41, 5.74) is 1.99. The lowest BCUT2D eigenvalue weighted by Gasteiger charge is -2.12. The molecule has 120 valence electrons. The maximum Gasteiger partial charge on any atom is 0.418 e. The molecule has 0 heterocycles. The Balaban J connectivity index is 2.27. The second-order valence-electron chi connectivity index (χ2n) is 4.66. The molecule has 0 saturated carbocycles. The topological polar surface area (TPSA) is 67.5 Å². The highest BCUT2D eigenvalue weighted by Gasteiger charge is 2.33. The number of hydrazone groups is 1. The molecule has 2 aromatic carbocycles. The van der Waals surface area contributed by atoms with E-state index in [4.69, 9.17) is 0 Å². The van der Waals surface area contributed by atoms with Crippen LogP contribution in [0.5, 0.6) is 0 Å². The molecule has 23 heavy (non-hydrogen) atoms. The molecule has 8 heteroatoms. The van der Waals surface area contributed by atoms with Gasteiger partial charge in [-0.1, -0.05) is 24.3 Å². The Labute approximate surface area is 129 Å². The fourth-order valence-corrected chi connectivity index (χ4v) is 1.88. The summed E-state index contributed by atoms with van der Waals surface area (Å²) in [7, 11) is 0. The Hall–Kier alpha value is -2.90. The summed E-state index contributed by atoms with van der Waals surface area (Å²) in [6.07, 6.45) is -4.50. The summed E-state index contributed by atoms with van der Waals surface area (Å²) in [6, 6.07) is 10.6. The molecular formula is C15H12F3N3O2. The first kappa shape index (κ1) is 16.5. The van der Waals surface area contributed by atoms with Crippen LogP contribution in [0.4, 0.5) is 24.5 Å². The van der Waals surface area contributed by atoms with Crippen molar-refractivity contribution in [3.05, 3.63) is 69.8 Å². The Morgan fingerprint density at radius 2 is 1.87 bits per heavy atom. The van der Waals surface area contributed by atoms with Crippen LogP contribution in [0.15, 0.2) is 53.6 Å². The molecule has 1 N–H and O–H groups in total. The number of benzene rings is 2. The van der Waals surface area contributed by atoms with E-state index in [2.05, 4.69) is 10.5 Å². The van der Waals surface area contributed by atoms with E-state index in [9.17, 15) is 23.3 Å². The SMILES string of the molecule is CC(=NNc1ccccc1C(F)(F)F)c1cccc([N+](=O)[O-])c1. The number of halogens is 3. The lowest BCUT2D eigenvalue weighted by molar-refractivity contribution is -0.384. The molecular weight excluding hydrogens is 311 g/mol. The number of nitrogens with one attached hydrogen (secondary N) is 1. The molecule has 0 aliphatic rings. The van der Waals surface area contributed by atoms with E-state index < -0.39 is 16.7 Å². The van der Waals surface area contributed by atoms with Crippen LogP contribution < -0.4 is 5.43 Å². The van der Waals surface area contributed by atoms with Gasteiger partial charge in [0.25, 0.3) is 5.69 Å². The van der Waals surface area contributed by atoms with Crippen molar-refractivity contribution in [2.75, 3.05) is 5.43 Å². The van der Waals surface area contributed by atoms with Gasteiger partial charge in [-0.15, -0.1) is 0 Å². The van der Waals surface area contributed by atoms with Crippen LogP contribution in [0.25, 0.3) is 0 Å². The third-order valence-corrected chi connectivity index (χ3v) is 3.05. The molecule has 2 aromatic rings. The average molecular weight is 323 g/mol. The predicted molar refractivity (Wildman–Crippen MR) is 80.4 cm³/mol. The van der Waals surface area contributed by atoms with Crippen LogP contribution in [0.2, 0.25) is 0 Å². The molecule has 0 aliphatic heterocycles. The van der Waals surface area contributed by atoms with Crippen molar-refractivity contribution in [2.24, 2.45) is 5.10 Å². The van der Waals surface area contributed by atoms with Gasteiger partial charge in [-0.2, -0.15) is 18.3 Å². The van der Waals surface area contributed by atoms with Crippen LogP contribution in [0.3, 0.4) is 0 Å². The second kappa shape index (κ2) is 6.47. The summed E-state index contributed by atoms with van der Waals surface area (Å²) in [5.74, 6) is 0. The number of hydrogen-bond donors (Lipinski definition) is 1. The second-order valence-corrected chi connectivity index (χ2v) is 4.66. The van der Waals surface area contributed by atoms with Crippen LogP contribution >= 0.6 is 0 Å². The van der Waals surface area contributed by atoms with Crippen molar-refractivity contribution >= 4 is 17.1 Å². The van der Waals surface area contributed by atoms with Crippen molar-refractivity contribution in [1.82, 2.24) is 0 Å². The number of para-hydroxylation sites is 1. The monoisotopic (exact) mass is 323 g/mol. The van der Waals surface area contributed by atoms with Gasteiger partial charge in [0, 0.05) is 17.7 Å². The van der Waals surface area contributed by atoms with E-state index in [0.717, 1.165) is 6.07 Å². The van der Waals surface area contributed by atoms with Gasteiger partial charge in [0.05, 0.1) is 21.9 Å². The minimum Gasteiger partial charge on any atom is -0.278 e. The molecule has 0 aliphatic carbocycles. The molecule has 0 fully saturated rings. The summed E-state index contributed by atoms with van der Waals surface area (Å²) in [6.45, 7) is 1.54. The molecule has 0 spiro atoms. The van der Waals surface area contributed by atoms with Gasteiger partial charge in [0.15, 0.2) is 0 Å². The maximum atomic E-state index is 12.9. The summed E-state index contributed by atoms with van der Waals surface area (Å²) in [5, 5.41) is 14.6.